The lowest BCUT2D eigenvalue weighted by molar-refractivity contribution is -0.942. The minimum absolute atomic E-state index is 0.114. The molecule has 0 atom stereocenters. The van der Waals surface area contributed by atoms with Crippen LogP contribution in [0, 0.1) is 0 Å². The first-order chi connectivity index (χ1) is 51.5. The van der Waals surface area contributed by atoms with Gasteiger partial charge >= 0.3 is 8.80 Å². The molecule has 24 heterocycles. The van der Waals surface area contributed by atoms with Gasteiger partial charge in [-0.2, -0.15) is 0 Å². The van der Waals surface area contributed by atoms with E-state index in [1.165, 1.54) is 455 Å². The van der Waals surface area contributed by atoms with Crippen molar-refractivity contribution in [1.82, 2.24) is 73.5 Å². The molecule has 24 saturated heterocycles. The van der Waals surface area contributed by atoms with Crippen LogP contribution in [0.3, 0.4) is 0 Å². The van der Waals surface area contributed by atoms with Gasteiger partial charge in [-0.1, -0.05) is 0 Å². The summed E-state index contributed by atoms with van der Waals surface area (Å²) in [5, 5.41) is 0. The standard InChI is InChI=1S/C79H161N23O3Si/c103-106(104,105)79-1-2-80(3-5-81(7-11-83(15-47-95-55-23-87(24-56-95)25-57-95)16-48-96-58-26-88(27-59-96)28-60-96)8-12-84(17-49-97-61-29-89(30-62-97)31-63-97)18-50-98-64-32-90(33-65-98)34-66-98)4-6-82(9-13-85(19-51-99-67-35-91(36-68-99)37-69-99)20-52-100-70-38-92(39-71-100)40-72-100)10-14-86(21-53-101-73-41-93(42-74-101)43-75-101)22-54-102-76-44-94(45-77-102)46-78-102/h103-105H,1-79H2/q+8. The molecule has 26 nitrogen and oxygen atoms in total. The molecule has 106 heavy (non-hydrogen) atoms. The summed E-state index contributed by atoms with van der Waals surface area (Å²) in [5.41, 5.74) is 0. The van der Waals surface area contributed by atoms with Gasteiger partial charge in [0.25, 0.3) is 0 Å². The molecule has 24 aliphatic heterocycles. The molecule has 0 unspecified atom stereocenters. The van der Waals surface area contributed by atoms with Gasteiger partial charge < -0.3 is 55.2 Å². The van der Waals surface area contributed by atoms with Crippen molar-refractivity contribution < 1.29 is 50.3 Å². The van der Waals surface area contributed by atoms with Gasteiger partial charge in [-0.25, -0.2) is 0 Å². The quantitative estimate of drug-likeness (QED) is 0.0399. The van der Waals surface area contributed by atoms with Crippen molar-refractivity contribution in [3.63, 3.8) is 0 Å². The summed E-state index contributed by atoms with van der Waals surface area (Å²) in [6.07, 6.45) is 0.620. The molecule has 0 spiro atoms. The van der Waals surface area contributed by atoms with Gasteiger partial charge in [0.1, 0.15) is 0 Å². The molecule has 0 aliphatic carbocycles. The SMILES string of the molecule is O[Si](O)(O)CCCN(CCN(CCN(CC[N+]12CCN(CC1)CC2)CC[N+]12CCN(CC1)CC2)CCN(CC[N+]12CCN(CC1)CC2)CC[N+]12CCN(CC1)CC2)CCN(CCN(CC[N+]12CCN(CC1)CC2)CC[N+]12CCN(CC1)CC2)CCN(CC[N+]12CCN(CC1)CC2)CC[N+]12CCN(CC1)CC2. The number of fused-ring (bicyclic) bond motifs is 24. The molecule has 0 aromatic rings. The Morgan fingerprint density at radius 2 is 0.283 bits per heavy atom. The van der Waals surface area contributed by atoms with E-state index in [4.69, 9.17) is 0 Å². The fourth-order valence-corrected chi connectivity index (χ4v) is 24.6. The summed E-state index contributed by atoms with van der Waals surface area (Å²) in [6.45, 7) is 97.3. The molecule has 0 aromatic heterocycles. The third-order valence-corrected chi connectivity index (χ3v) is 34.9. The van der Waals surface area contributed by atoms with Gasteiger partial charge in [0.2, 0.25) is 0 Å². The maximum atomic E-state index is 10.7. The minimum Gasteiger partial charge on any atom is -0.390 e. The van der Waals surface area contributed by atoms with Crippen molar-refractivity contribution in [2.24, 2.45) is 0 Å². The number of hydrogen-bond donors (Lipinski definition) is 3. The largest absolute Gasteiger partial charge is 0.492 e. The molecule has 24 rings (SSSR count). The number of quaternary nitrogens is 8. The smallest absolute Gasteiger partial charge is 0.390 e. The second-order valence-electron chi connectivity index (χ2n) is 39.4. The third kappa shape index (κ3) is 20.7. The van der Waals surface area contributed by atoms with Gasteiger partial charge in [-0.05, 0) is 13.0 Å². The van der Waals surface area contributed by atoms with E-state index in [2.05, 4.69) is 73.5 Å². The molecule has 0 aromatic carbocycles. The fraction of sp³-hybridized carbons (Fsp3) is 1.00. The van der Waals surface area contributed by atoms with Crippen molar-refractivity contribution in [2.75, 3.05) is 504 Å². The number of piperazine rings is 24. The van der Waals surface area contributed by atoms with Crippen LogP contribution < -0.4 is 0 Å². The van der Waals surface area contributed by atoms with Crippen molar-refractivity contribution in [3.05, 3.63) is 0 Å². The summed E-state index contributed by atoms with van der Waals surface area (Å²) in [4.78, 5) is 74.7. The molecule has 24 fully saturated rings. The van der Waals surface area contributed by atoms with Crippen molar-refractivity contribution >= 4 is 8.80 Å². The van der Waals surface area contributed by atoms with Crippen LogP contribution in [0.2, 0.25) is 6.04 Å². The zero-order valence-electron chi connectivity index (χ0n) is 68.0. The Morgan fingerprint density at radius 3 is 0.406 bits per heavy atom. The second-order valence-corrected chi connectivity index (χ2v) is 41.4. The Labute approximate surface area is 645 Å². The molecular formula is C79H161N23O3Si+8. The van der Waals surface area contributed by atoms with E-state index in [1.807, 2.05) is 0 Å². The summed E-state index contributed by atoms with van der Waals surface area (Å²) >= 11 is 0. The van der Waals surface area contributed by atoms with Crippen LogP contribution in [0.15, 0.2) is 0 Å². The highest BCUT2D eigenvalue weighted by Crippen LogP contribution is 2.28. The molecule has 0 amide bonds. The molecule has 0 radical (unpaired) electrons. The van der Waals surface area contributed by atoms with Gasteiger partial charge in [-0.3, -0.25) is 68.6 Å². The van der Waals surface area contributed by atoms with E-state index < -0.39 is 8.80 Å². The molecule has 27 heteroatoms. The number of nitrogens with zero attached hydrogens (tertiary/aromatic N) is 23. The maximum absolute atomic E-state index is 10.7. The molecule has 16 bridgehead atoms. The van der Waals surface area contributed by atoms with E-state index in [-0.39, 0.29) is 6.04 Å². The average Bonchev–Trinajstić information content (AvgIpc) is 0.791. The highest BCUT2D eigenvalue weighted by atomic mass is 28.4. The number of rotatable bonds is 46. The predicted molar refractivity (Wildman–Crippen MR) is 426 cm³/mol. The van der Waals surface area contributed by atoms with Gasteiger partial charge in [0.05, 0.1) is 209 Å². The Balaban J connectivity index is 0.653. The normalized spacial score (nSPS) is 39.3. The summed E-state index contributed by atoms with van der Waals surface area (Å²) in [7, 11) is -4.23. The number of hydrogen-bond acceptors (Lipinski definition) is 18. The lowest BCUT2D eigenvalue weighted by Gasteiger charge is -2.52. The average molecular weight is 1510 g/mol. The molecule has 0 saturated carbocycles. The second kappa shape index (κ2) is 35.3. The highest BCUT2D eigenvalue weighted by Gasteiger charge is 2.47. The van der Waals surface area contributed by atoms with E-state index in [1.54, 1.807) is 0 Å². The first-order valence-corrected chi connectivity index (χ1v) is 47.4. The molecular weight excluding hydrogens is 1350 g/mol. The van der Waals surface area contributed by atoms with E-state index in [0.29, 0.717) is 6.42 Å². The summed E-state index contributed by atoms with van der Waals surface area (Å²) in [6, 6.07) is 0.114. The zero-order valence-corrected chi connectivity index (χ0v) is 69.0. The first-order valence-electron chi connectivity index (χ1n) is 45.4. The Kier molecular flexibility index (Phi) is 26.3. The Hall–Kier alpha value is -0.823. The fourth-order valence-electron chi connectivity index (χ4n) is 23.9. The van der Waals surface area contributed by atoms with Crippen LogP contribution in [-0.2, 0) is 0 Å². The summed E-state index contributed by atoms with van der Waals surface area (Å²) < 4.78 is 10.7. The van der Waals surface area contributed by atoms with E-state index in [0.717, 1.165) is 85.1 Å². The summed E-state index contributed by atoms with van der Waals surface area (Å²) in [5.74, 6) is 0. The van der Waals surface area contributed by atoms with E-state index in [9.17, 15) is 14.4 Å². The van der Waals surface area contributed by atoms with Gasteiger partial charge in [0.15, 0.2) is 0 Å². The Bertz CT molecular complexity index is 2100. The van der Waals surface area contributed by atoms with Crippen molar-refractivity contribution in [3.8, 4) is 0 Å². The first kappa shape index (κ1) is 79.0. The van der Waals surface area contributed by atoms with Gasteiger partial charge in [0, 0.05) is 294 Å². The predicted octanol–water partition coefficient (Wildman–Crippen LogP) is -5.43. The Morgan fingerprint density at radius 1 is 0.170 bits per heavy atom. The van der Waals surface area contributed by atoms with Crippen LogP contribution in [0.25, 0.3) is 0 Å². The lowest BCUT2D eigenvalue weighted by atomic mass is 10.1. The van der Waals surface area contributed by atoms with Gasteiger partial charge in [-0.15, -0.1) is 0 Å². The monoisotopic (exact) mass is 1510 g/mol. The van der Waals surface area contributed by atoms with E-state index >= 15 is 0 Å². The van der Waals surface area contributed by atoms with Crippen molar-refractivity contribution in [2.45, 2.75) is 12.5 Å². The van der Waals surface area contributed by atoms with Crippen LogP contribution in [-0.4, -0.2) is 637 Å². The molecule has 3 N–H and O–H groups in total. The minimum atomic E-state index is -4.23. The topological polar surface area (TPSA) is 109 Å². The molecule has 606 valence electrons. The zero-order chi connectivity index (χ0) is 72.0. The third-order valence-electron chi connectivity index (χ3n) is 33.9. The van der Waals surface area contributed by atoms with Crippen LogP contribution >= 0.6 is 0 Å². The van der Waals surface area contributed by atoms with Crippen LogP contribution in [0.1, 0.15) is 6.42 Å². The lowest BCUT2D eigenvalue weighted by Crippen LogP contribution is -2.69. The van der Waals surface area contributed by atoms with Crippen molar-refractivity contribution in [1.29, 1.82) is 0 Å². The molecule has 24 aliphatic rings. The van der Waals surface area contributed by atoms with Crippen LogP contribution in [0.5, 0.6) is 0 Å². The van der Waals surface area contributed by atoms with Crippen LogP contribution in [0.4, 0.5) is 0 Å². The maximum Gasteiger partial charge on any atom is 0.492 e. The highest BCUT2D eigenvalue weighted by molar-refractivity contribution is 6.56.